The van der Waals surface area contributed by atoms with Gasteiger partial charge < -0.3 is 15.0 Å². The molecule has 0 saturated heterocycles. The second-order valence-corrected chi connectivity index (χ2v) is 10.1. The van der Waals surface area contributed by atoms with Gasteiger partial charge in [0.2, 0.25) is 11.8 Å². The van der Waals surface area contributed by atoms with E-state index in [1.165, 1.54) is 31.2 Å². The number of ether oxygens (including phenoxy) is 1. The lowest BCUT2D eigenvalue weighted by Gasteiger charge is -2.32. The van der Waals surface area contributed by atoms with E-state index in [9.17, 15) is 18.0 Å². The summed E-state index contributed by atoms with van der Waals surface area (Å²) in [6, 6.07) is 21.2. The van der Waals surface area contributed by atoms with Crippen molar-refractivity contribution < 1.29 is 22.7 Å². The Bertz CT molecular complexity index is 1310. The normalized spacial score (nSPS) is 11.9. The van der Waals surface area contributed by atoms with Gasteiger partial charge >= 0.3 is 0 Å². The quantitative estimate of drug-likeness (QED) is 0.452. The number of nitrogens with one attached hydrogen (secondary N) is 1. The fourth-order valence-corrected chi connectivity index (χ4v) is 5.20. The molecule has 190 valence electrons. The number of carbonyl (C=O) groups excluding carboxylic acids is 2. The van der Waals surface area contributed by atoms with Gasteiger partial charge in [0.15, 0.2) is 0 Å². The number of carbonyl (C=O) groups is 2. The van der Waals surface area contributed by atoms with Gasteiger partial charge in [-0.1, -0.05) is 48.5 Å². The van der Waals surface area contributed by atoms with Gasteiger partial charge in [0.05, 0.1) is 17.7 Å². The van der Waals surface area contributed by atoms with Crippen molar-refractivity contribution in [2.75, 3.05) is 25.0 Å². The van der Waals surface area contributed by atoms with Crippen LogP contribution < -0.4 is 14.4 Å². The molecule has 0 spiro atoms. The molecule has 0 aliphatic heterocycles. The summed E-state index contributed by atoms with van der Waals surface area (Å²) in [5.41, 5.74) is 2.09. The SMILES string of the molecule is CNC(=O)[C@H](C)N(Cc1ccccc1C)C(=O)CN(c1cccc(OC)c1)S(=O)(=O)c1ccccc1. The lowest BCUT2D eigenvalue weighted by molar-refractivity contribution is -0.139. The molecule has 9 heteroatoms. The molecule has 0 heterocycles. The zero-order valence-electron chi connectivity index (χ0n) is 20.8. The molecule has 1 N–H and O–H groups in total. The van der Waals surface area contributed by atoms with E-state index in [-0.39, 0.29) is 23.0 Å². The summed E-state index contributed by atoms with van der Waals surface area (Å²) in [5, 5.41) is 2.58. The van der Waals surface area contributed by atoms with E-state index < -0.39 is 28.5 Å². The van der Waals surface area contributed by atoms with Gasteiger partial charge in [-0.15, -0.1) is 0 Å². The van der Waals surface area contributed by atoms with Crippen molar-refractivity contribution in [1.29, 1.82) is 0 Å². The van der Waals surface area contributed by atoms with Gasteiger partial charge in [0.1, 0.15) is 18.3 Å². The molecule has 0 unspecified atom stereocenters. The Labute approximate surface area is 212 Å². The lowest BCUT2D eigenvalue weighted by atomic mass is 10.1. The monoisotopic (exact) mass is 509 g/mol. The van der Waals surface area contributed by atoms with Gasteiger partial charge in [-0.25, -0.2) is 8.42 Å². The summed E-state index contributed by atoms with van der Waals surface area (Å²) >= 11 is 0. The molecule has 0 fully saturated rings. The Balaban J connectivity index is 2.05. The molecule has 0 aliphatic carbocycles. The predicted molar refractivity (Wildman–Crippen MR) is 139 cm³/mol. The predicted octanol–water partition coefficient (Wildman–Crippen LogP) is 3.36. The molecule has 3 aromatic rings. The van der Waals surface area contributed by atoms with Crippen LogP contribution in [0.3, 0.4) is 0 Å². The van der Waals surface area contributed by atoms with Crippen LogP contribution in [0.15, 0.2) is 83.8 Å². The molecule has 36 heavy (non-hydrogen) atoms. The van der Waals surface area contributed by atoms with Crippen molar-refractivity contribution in [3.8, 4) is 5.75 Å². The van der Waals surface area contributed by atoms with Crippen LogP contribution in [0, 0.1) is 6.92 Å². The average molecular weight is 510 g/mol. The van der Waals surface area contributed by atoms with Crippen LogP contribution in [0.2, 0.25) is 0 Å². The molecule has 0 saturated carbocycles. The van der Waals surface area contributed by atoms with Crippen LogP contribution in [-0.4, -0.2) is 51.9 Å². The van der Waals surface area contributed by atoms with Crippen LogP contribution in [0.25, 0.3) is 0 Å². The summed E-state index contributed by atoms with van der Waals surface area (Å²) in [5.74, 6) is -0.420. The minimum atomic E-state index is -4.11. The third-order valence-corrected chi connectivity index (χ3v) is 7.76. The fraction of sp³-hybridized carbons (Fsp3) is 0.259. The minimum absolute atomic E-state index is 0.0467. The van der Waals surface area contributed by atoms with Crippen LogP contribution in [0.4, 0.5) is 5.69 Å². The molecule has 3 aromatic carbocycles. The number of aryl methyl sites for hydroxylation is 1. The zero-order valence-corrected chi connectivity index (χ0v) is 21.7. The van der Waals surface area contributed by atoms with Crippen molar-refractivity contribution in [1.82, 2.24) is 10.2 Å². The number of methoxy groups -OCH3 is 1. The second-order valence-electron chi connectivity index (χ2n) is 8.26. The third kappa shape index (κ3) is 6.04. The molecule has 2 amide bonds. The van der Waals surface area contributed by atoms with Crippen LogP contribution in [-0.2, 0) is 26.2 Å². The summed E-state index contributed by atoms with van der Waals surface area (Å²) < 4.78 is 33.7. The number of anilines is 1. The van der Waals surface area contributed by atoms with Gasteiger partial charge in [-0.3, -0.25) is 13.9 Å². The highest BCUT2D eigenvalue weighted by Gasteiger charge is 2.32. The molecule has 8 nitrogen and oxygen atoms in total. The number of benzene rings is 3. The van der Waals surface area contributed by atoms with Crippen molar-refractivity contribution in [3.05, 3.63) is 90.0 Å². The molecule has 0 aliphatic rings. The van der Waals surface area contributed by atoms with E-state index in [0.29, 0.717) is 5.75 Å². The van der Waals surface area contributed by atoms with Crippen LogP contribution in [0.1, 0.15) is 18.1 Å². The number of nitrogens with zero attached hydrogens (tertiary/aromatic N) is 2. The minimum Gasteiger partial charge on any atom is -0.497 e. The van der Waals surface area contributed by atoms with E-state index in [1.807, 2.05) is 31.2 Å². The van der Waals surface area contributed by atoms with E-state index in [4.69, 9.17) is 4.74 Å². The van der Waals surface area contributed by atoms with E-state index in [0.717, 1.165) is 15.4 Å². The molecule has 3 rings (SSSR count). The lowest BCUT2D eigenvalue weighted by Crippen LogP contribution is -2.50. The first kappa shape index (κ1) is 26.7. The average Bonchev–Trinajstić information content (AvgIpc) is 2.90. The van der Waals surface area contributed by atoms with Crippen molar-refractivity contribution >= 4 is 27.5 Å². The van der Waals surface area contributed by atoms with Crippen molar-refractivity contribution in [2.45, 2.75) is 31.3 Å². The largest absolute Gasteiger partial charge is 0.497 e. The Morgan fingerprint density at radius 3 is 2.28 bits per heavy atom. The number of hydrogen-bond donors (Lipinski definition) is 1. The van der Waals surface area contributed by atoms with Crippen LogP contribution in [0.5, 0.6) is 5.75 Å². The number of rotatable bonds is 10. The Hall–Kier alpha value is -3.85. The summed E-state index contributed by atoms with van der Waals surface area (Å²) in [6.07, 6.45) is 0. The first-order chi connectivity index (χ1) is 17.2. The number of hydrogen-bond acceptors (Lipinski definition) is 5. The van der Waals surface area contributed by atoms with E-state index in [2.05, 4.69) is 5.32 Å². The summed E-state index contributed by atoms with van der Waals surface area (Å²) in [7, 11) is -1.13. The zero-order chi connectivity index (χ0) is 26.3. The standard InChI is InChI=1S/C27H31N3O5S/c1-20-11-8-9-12-22(20)18-29(21(2)27(32)28-3)26(31)19-30(23-13-10-14-24(17-23)35-4)36(33,34)25-15-6-5-7-16-25/h5-17,21H,18-19H2,1-4H3,(H,28,32)/t21-/m0/s1. The summed E-state index contributed by atoms with van der Waals surface area (Å²) in [6.45, 7) is 3.19. The number of likely N-dealkylation sites (N-methyl/N-ethyl adjacent to an activating group) is 1. The number of sulfonamides is 1. The molecule has 1 atom stereocenters. The van der Waals surface area contributed by atoms with Crippen molar-refractivity contribution in [3.63, 3.8) is 0 Å². The van der Waals surface area contributed by atoms with E-state index in [1.54, 1.807) is 49.4 Å². The van der Waals surface area contributed by atoms with Crippen molar-refractivity contribution in [2.24, 2.45) is 0 Å². The fourth-order valence-electron chi connectivity index (χ4n) is 3.78. The molecular weight excluding hydrogens is 478 g/mol. The maximum Gasteiger partial charge on any atom is 0.264 e. The smallest absolute Gasteiger partial charge is 0.264 e. The van der Waals surface area contributed by atoms with E-state index >= 15 is 0 Å². The van der Waals surface area contributed by atoms with Gasteiger partial charge in [0, 0.05) is 19.7 Å². The first-order valence-electron chi connectivity index (χ1n) is 11.5. The Kier molecular flexibility index (Phi) is 8.71. The molecule has 0 aromatic heterocycles. The molecule has 0 radical (unpaired) electrons. The Morgan fingerprint density at radius 2 is 1.64 bits per heavy atom. The third-order valence-electron chi connectivity index (χ3n) is 5.97. The highest BCUT2D eigenvalue weighted by Crippen LogP contribution is 2.27. The topological polar surface area (TPSA) is 96.0 Å². The first-order valence-corrected chi connectivity index (χ1v) is 12.9. The van der Waals surface area contributed by atoms with Gasteiger partial charge in [-0.2, -0.15) is 0 Å². The second kappa shape index (κ2) is 11.7. The van der Waals surface area contributed by atoms with Gasteiger partial charge in [0.25, 0.3) is 10.0 Å². The number of amides is 2. The van der Waals surface area contributed by atoms with Gasteiger partial charge in [-0.05, 0) is 49.2 Å². The molecule has 0 bridgehead atoms. The highest BCUT2D eigenvalue weighted by molar-refractivity contribution is 7.92. The Morgan fingerprint density at radius 1 is 0.972 bits per heavy atom. The maximum absolute atomic E-state index is 13.7. The molecular formula is C27H31N3O5S. The summed E-state index contributed by atoms with van der Waals surface area (Å²) in [4.78, 5) is 27.7. The van der Waals surface area contributed by atoms with Crippen LogP contribution >= 0.6 is 0 Å². The highest BCUT2D eigenvalue weighted by atomic mass is 32.2. The maximum atomic E-state index is 13.7.